The van der Waals surface area contributed by atoms with Gasteiger partial charge in [0.2, 0.25) is 0 Å². The molecule has 1 aromatic heterocycles. The lowest BCUT2D eigenvalue weighted by atomic mass is 10.3. The molecule has 1 aliphatic heterocycles. The van der Waals surface area contributed by atoms with Crippen LogP contribution in [0.3, 0.4) is 0 Å². The van der Waals surface area contributed by atoms with Crippen molar-refractivity contribution >= 4 is 49.8 Å². The Hall–Kier alpha value is -1.37. The standard InChI is InChI=1S/C14H18ClN5S/c1-19-4-6-20(7-5-19)14-18-11-3-2-10(8-12(11)21-14)17-13(16)9-15/h2-3,8H,4-7,9H2,1H3,(H2,16,17). The van der Waals surface area contributed by atoms with Crippen molar-refractivity contribution in [2.45, 2.75) is 0 Å². The molecule has 5 nitrogen and oxygen atoms in total. The number of hydrogen-bond acceptors (Lipinski definition) is 5. The first kappa shape index (κ1) is 14.6. The van der Waals surface area contributed by atoms with Gasteiger partial charge in [-0.15, -0.1) is 11.6 Å². The Kier molecular flexibility index (Phi) is 4.28. The van der Waals surface area contributed by atoms with Gasteiger partial charge in [0.05, 0.1) is 21.8 Å². The van der Waals surface area contributed by atoms with Gasteiger partial charge in [-0.05, 0) is 25.2 Å². The molecule has 0 saturated carbocycles. The zero-order chi connectivity index (χ0) is 14.8. The number of amidine groups is 1. The summed E-state index contributed by atoms with van der Waals surface area (Å²) in [4.78, 5) is 13.7. The van der Waals surface area contributed by atoms with E-state index >= 15 is 0 Å². The van der Waals surface area contributed by atoms with Gasteiger partial charge in [-0.25, -0.2) is 9.98 Å². The lowest BCUT2D eigenvalue weighted by Crippen LogP contribution is -2.44. The maximum Gasteiger partial charge on any atom is 0.186 e. The first-order valence-electron chi connectivity index (χ1n) is 6.89. The van der Waals surface area contributed by atoms with E-state index < -0.39 is 0 Å². The highest BCUT2D eigenvalue weighted by Crippen LogP contribution is 2.31. The Morgan fingerprint density at radius 2 is 2.14 bits per heavy atom. The Labute approximate surface area is 133 Å². The second-order valence-electron chi connectivity index (χ2n) is 5.18. The number of nitrogens with zero attached hydrogens (tertiary/aromatic N) is 4. The topological polar surface area (TPSA) is 57.8 Å². The highest BCUT2D eigenvalue weighted by Gasteiger charge is 2.17. The number of piperazine rings is 1. The maximum atomic E-state index is 5.68. The van der Waals surface area contributed by atoms with E-state index in [1.54, 1.807) is 11.3 Å². The largest absolute Gasteiger partial charge is 0.386 e. The third-order valence-corrected chi connectivity index (χ3v) is 4.90. The summed E-state index contributed by atoms with van der Waals surface area (Å²) in [6, 6.07) is 5.94. The number of aromatic nitrogens is 1. The Bertz CT molecular complexity index is 660. The molecule has 2 heterocycles. The molecule has 0 aliphatic carbocycles. The molecule has 112 valence electrons. The van der Waals surface area contributed by atoms with E-state index in [0.717, 1.165) is 47.2 Å². The summed E-state index contributed by atoms with van der Waals surface area (Å²) < 4.78 is 1.13. The summed E-state index contributed by atoms with van der Waals surface area (Å²) in [7, 11) is 2.15. The number of fused-ring (bicyclic) bond motifs is 1. The predicted molar refractivity (Wildman–Crippen MR) is 91.3 cm³/mol. The second kappa shape index (κ2) is 6.17. The molecule has 21 heavy (non-hydrogen) atoms. The molecule has 1 fully saturated rings. The van der Waals surface area contributed by atoms with Crippen LogP contribution in [-0.4, -0.2) is 54.8 Å². The minimum atomic E-state index is 0.243. The van der Waals surface area contributed by atoms with Gasteiger partial charge in [-0.1, -0.05) is 11.3 Å². The molecule has 7 heteroatoms. The van der Waals surface area contributed by atoms with Gasteiger partial charge < -0.3 is 15.5 Å². The van der Waals surface area contributed by atoms with E-state index in [-0.39, 0.29) is 5.88 Å². The lowest BCUT2D eigenvalue weighted by molar-refractivity contribution is 0.313. The lowest BCUT2D eigenvalue weighted by Gasteiger charge is -2.31. The molecular weight excluding hydrogens is 306 g/mol. The molecule has 0 spiro atoms. The van der Waals surface area contributed by atoms with E-state index in [9.17, 15) is 0 Å². The Morgan fingerprint density at radius 3 is 2.86 bits per heavy atom. The van der Waals surface area contributed by atoms with Crippen LogP contribution in [0.2, 0.25) is 0 Å². The quantitative estimate of drug-likeness (QED) is 0.535. The molecule has 0 bridgehead atoms. The van der Waals surface area contributed by atoms with Gasteiger partial charge in [0.1, 0.15) is 5.84 Å². The normalized spacial score (nSPS) is 17.6. The van der Waals surface area contributed by atoms with E-state index in [2.05, 4.69) is 21.8 Å². The predicted octanol–water partition coefficient (Wildman–Crippen LogP) is 2.28. The average molecular weight is 324 g/mol. The zero-order valence-corrected chi connectivity index (χ0v) is 13.5. The molecule has 3 rings (SSSR count). The van der Waals surface area contributed by atoms with Crippen molar-refractivity contribution in [2.75, 3.05) is 44.0 Å². The van der Waals surface area contributed by atoms with E-state index in [1.807, 2.05) is 18.2 Å². The summed E-state index contributed by atoms with van der Waals surface area (Å²) in [5.74, 6) is 0.674. The molecule has 1 aromatic carbocycles. The number of thiazole rings is 1. The van der Waals surface area contributed by atoms with E-state index in [4.69, 9.17) is 22.3 Å². The van der Waals surface area contributed by atoms with Crippen LogP contribution in [0.25, 0.3) is 10.2 Å². The van der Waals surface area contributed by atoms with Crippen LogP contribution in [0, 0.1) is 0 Å². The van der Waals surface area contributed by atoms with Crippen LogP contribution in [0.4, 0.5) is 10.8 Å². The van der Waals surface area contributed by atoms with Crippen LogP contribution in [0.1, 0.15) is 0 Å². The fourth-order valence-electron chi connectivity index (χ4n) is 2.30. The molecule has 2 N–H and O–H groups in total. The van der Waals surface area contributed by atoms with Gasteiger partial charge in [-0.3, -0.25) is 0 Å². The zero-order valence-electron chi connectivity index (χ0n) is 11.9. The van der Waals surface area contributed by atoms with Crippen LogP contribution in [0.15, 0.2) is 23.2 Å². The van der Waals surface area contributed by atoms with Crippen molar-refractivity contribution in [1.29, 1.82) is 0 Å². The number of nitrogens with two attached hydrogens (primary N) is 1. The summed E-state index contributed by atoms with van der Waals surface area (Å²) in [5.41, 5.74) is 7.52. The van der Waals surface area contributed by atoms with E-state index in [1.165, 1.54) is 0 Å². The molecule has 2 aromatic rings. The summed E-state index contributed by atoms with van der Waals surface area (Å²) in [6.45, 7) is 4.22. The number of benzene rings is 1. The molecule has 1 aliphatic rings. The molecule has 0 unspecified atom stereocenters. The number of anilines is 1. The van der Waals surface area contributed by atoms with Gasteiger partial charge in [0.25, 0.3) is 0 Å². The highest BCUT2D eigenvalue weighted by molar-refractivity contribution is 7.22. The molecular formula is C14H18ClN5S. The number of likely N-dealkylation sites (N-methyl/N-ethyl adjacent to an activating group) is 1. The molecule has 0 amide bonds. The molecule has 0 atom stereocenters. The Balaban J connectivity index is 1.86. The summed E-state index contributed by atoms with van der Waals surface area (Å²) in [5, 5.41) is 1.09. The fourth-order valence-corrected chi connectivity index (χ4v) is 3.41. The fraction of sp³-hybridized carbons (Fsp3) is 0.429. The van der Waals surface area contributed by atoms with Crippen LogP contribution in [0.5, 0.6) is 0 Å². The van der Waals surface area contributed by atoms with Gasteiger partial charge >= 0.3 is 0 Å². The van der Waals surface area contributed by atoms with Crippen LogP contribution in [-0.2, 0) is 0 Å². The molecule has 1 saturated heterocycles. The monoisotopic (exact) mass is 323 g/mol. The third-order valence-electron chi connectivity index (χ3n) is 3.54. The number of aliphatic imine (C=N–C) groups is 1. The van der Waals surface area contributed by atoms with Crippen LogP contribution >= 0.6 is 22.9 Å². The average Bonchev–Trinajstić information content (AvgIpc) is 2.91. The minimum Gasteiger partial charge on any atom is -0.386 e. The summed E-state index contributed by atoms with van der Waals surface area (Å²) in [6.07, 6.45) is 0. The SMILES string of the molecule is CN1CCN(c2nc3ccc(N=C(N)CCl)cc3s2)CC1. The van der Waals surface area contributed by atoms with Crippen molar-refractivity contribution in [3.8, 4) is 0 Å². The summed E-state index contributed by atoms with van der Waals surface area (Å²) >= 11 is 7.37. The van der Waals surface area contributed by atoms with Crippen molar-refractivity contribution < 1.29 is 0 Å². The van der Waals surface area contributed by atoms with Gasteiger partial charge in [0.15, 0.2) is 5.13 Å². The maximum absolute atomic E-state index is 5.68. The molecule has 0 radical (unpaired) electrons. The van der Waals surface area contributed by atoms with Gasteiger partial charge in [-0.2, -0.15) is 0 Å². The first-order valence-corrected chi connectivity index (χ1v) is 8.24. The van der Waals surface area contributed by atoms with Gasteiger partial charge in [0, 0.05) is 26.2 Å². The number of hydrogen-bond donors (Lipinski definition) is 1. The number of halogens is 1. The van der Waals surface area contributed by atoms with Crippen molar-refractivity contribution in [3.63, 3.8) is 0 Å². The highest BCUT2D eigenvalue weighted by atomic mass is 35.5. The Morgan fingerprint density at radius 1 is 1.38 bits per heavy atom. The second-order valence-corrected chi connectivity index (χ2v) is 6.45. The van der Waals surface area contributed by atoms with Crippen molar-refractivity contribution in [3.05, 3.63) is 18.2 Å². The smallest absolute Gasteiger partial charge is 0.186 e. The van der Waals surface area contributed by atoms with Crippen molar-refractivity contribution in [2.24, 2.45) is 10.7 Å². The van der Waals surface area contributed by atoms with Crippen LogP contribution < -0.4 is 10.6 Å². The van der Waals surface area contributed by atoms with E-state index in [0.29, 0.717) is 5.84 Å². The number of rotatable bonds is 3. The minimum absolute atomic E-state index is 0.243. The third kappa shape index (κ3) is 3.28. The first-order chi connectivity index (χ1) is 10.2. The van der Waals surface area contributed by atoms with Crippen molar-refractivity contribution in [1.82, 2.24) is 9.88 Å². The number of alkyl halides is 1.